The fourth-order valence-corrected chi connectivity index (χ4v) is 7.34. The summed E-state index contributed by atoms with van der Waals surface area (Å²) in [5.74, 6) is -0.372. The Morgan fingerprint density at radius 3 is 2.39 bits per heavy atom. The van der Waals surface area contributed by atoms with E-state index in [0.717, 1.165) is 36.4 Å². The van der Waals surface area contributed by atoms with Gasteiger partial charge in [-0.25, -0.2) is 4.79 Å². The molecule has 4 heterocycles. The van der Waals surface area contributed by atoms with Gasteiger partial charge in [-0.15, -0.1) is 0 Å². The van der Waals surface area contributed by atoms with Crippen molar-refractivity contribution in [2.45, 2.75) is 108 Å². The van der Waals surface area contributed by atoms with Gasteiger partial charge in [-0.3, -0.25) is 14.4 Å². The summed E-state index contributed by atoms with van der Waals surface area (Å²) >= 11 is 0. The van der Waals surface area contributed by atoms with Crippen LogP contribution in [0.2, 0.25) is 0 Å². The van der Waals surface area contributed by atoms with E-state index in [9.17, 15) is 22.8 Å². The van der Waals surface area contributed by atoms with Crippen molar-refractivity contribution in [1.82, 2.24) is 24.5 Å². The molecule has 4 fully saturated rings. The van der Waals surface area contributed by atoms with Crippen molar-refractivity contribution in [3.8, 4) is 5.75 Å². The second kappa shape index (κ2) is 11.3. The molecule has 12 heteroatoms. The minimum absolute atomic E-state index is 0.00465. The Morgan fingerprint density at radius 1 is 1.07 bits per heavy atom. The van der Waals surface area contributed by atoms with Gasteiger partial charge in [0.2, 0.25) is 5.91 Å². The summed E-state index contributed by atoms with van der Waals surface area (Å²) in [6, 6.07) is 5.29. The number of piperazine rings is 1. The number of aromatic nitrogens is 2. The summed E-state index contributed by atoms with van der Waals surface area (Å²) in [5.41, 5.74) is -0.00781. The van der Waals surface area contributed by atoms with Crippen LogP contribution in [0.4, 0.5) is 18.0 Å². The number of hydrogen-bond donors (Lipinski definition) is 0. The lowest BCUT2D eigenvalue weighted by Crippen LogP contribution is -2.59. The minimum atomic E-state index is -4.67. The van der Waals surface area contributed by atoms with Crippen LogP contribution >= 0.6 is 0 Å². The van der Waals surface area contributed by atoms with Crippen LogP contribution in [-0.4, -0.2) is 86.9 Å². The first-order valence-electron chi connectivity index (χ1n) is 16.9. The molecular weight excluding hydrogens is 575 g/mol. The van der Waals surface area contributed by atoms with Crippen LogP contribution in [0.25, 0.3) is 0 Å². The second-order valence-electron chi connectivity index (χ2n) is 13.6. The standard InChI is InChI=1S/C32H42F3N5O4/c1-19-23(7-6-8-26(19)43-5)29-25(40-21-11-12-22(40)17-37(16-21)30(42)44-31(2,3)4)13-14-38(29)28(41)18-39-27(32(33,34)35)15-24(36-39)20-9-10-20/h6-8,15,20-22,25,29H,9-14,16-18H2,1-5H3/t21?,22?,25-,29-/m1/s1/i5D3. The third kappa shape index (κ3) is 5.89. The molecule has 1 saturated carbocycles. The van der Waals surface area contributed by atoms with Gasteiger partial charge in [0.1, 0.15) is 23.6 Å². The van der Waals surface area contributed by atoms with Gasteiger partial charge in [0.15, 0.2) is 0 Å². The molecule has 6 rings (SSSR count). The highest BCUT2D eigenvalue weighted by Crippen LogP contribution is 2.45. The van der Waals surface area contributed by atoms with Gasteiger partial charge in [-0.05, 0) is 83.1 Å². The van der Waals surface area contributed by atoms with Crippen LogP contribution in [0.1, 0.15) is 91.5 Å². The van der Waals surface area contributed by atoms with E-state index >= 15 is 0 Å². The highest BCUT2D eigenvalue weighted by Gasteiger charge is 2.51. The number of amides is 2. The lowest BCUT2D eigenvalue weighted by Gasteiger charge is -2.46. The van der Waals surface area contributed by atoms with Gasteiger partial charge in [-0.1, -0.05) is 12.1 Å². The van der Waals surface area contributed by atoms with Crippen LogP contribution in [0.3, 0.4) is 0 Å². The van der Waals surface area contributed by atoms with Crippen LogP contribution in [0.15, 0.2) is 24.3 Å². The van der Waals surface area contributed by atoms with Crippen molar-refractivity contribution in [2.75, 3.05) is 26.7 Å². The van der Waals surface area contributed by atoms with E-state index in [4.69, 9.17) is 13.6 Å². The number of rotatable bonds is 6. The normalized spacial score (nSPS) is 27.2. The van der Waals surface area contributed by atoms with Crippen LogP contribution in [-0.2, 0) is 22.3 Å². The Bertz CT molecular complexity index is 1510. The van der Waals surface area contributed by atoms with Crippen molar-refractivity contribution in [3.63, 3.8) is 0 Å². The summed E-state index contributed by atoms with van der Waals surface area (Å²) in [7, 11) is -2.70. The van der Waals surface area contributed by atoms with E-state index in [2.05, 4.69) is 10.00 Å². The Kier molecular flexibility index (Phi) is 6.93. The van der Waals surface area contributed by atoms with Gasteiger partial charge in [-0.2, -0.15) is 18.3 Å². The molecule has 2 amide bonds. The molecule has 3 saturated heterocycles. The molecule has 4 aliphatic rings. The molecule has 44 heavy (non-hydrogen) atoms. The zero-order chi connectivity index (χ0) is 34.1. The quantitative estimate of drug-likeness (QED) is 0.423. The number of alkyl halides is 3. The molecule has 3 aliphatic heterocycles. The van der Waals surface area contributed by atoms with E-state index < -0.39 is 43.0 Å². The van der Waals surface area contributed by atoms with Gasteiger partial charge < -0.3 is 19.3 Å². The first-order chi connectivity index (χ1) is 21.9. The average Bonchev–Trinajstić information content (AvgIpc) is 3.47. The molecule has 2 aromatic rings. The number of nitrogens with zero attached hydrogens (tertiary/aromatic N) is 5. The number of methoxy groups -OCH3 is 1. The smallest absolute Gasteiger partial charge is 0.433 e. The lowest BCUT2D eigenvalue weighted by molar-refractivity contribution is -0.146. The van der Waals surface area contributed by atoms with Gasteiger partial charge in [0.05, 0.1) is 22.9 Å². The maximum Gasteiger partial charge on any atom is 0.433 e. The fraction of sp³-hybridized carbons (Fsp3) is 0.656. The van der Waals surface area contributed by atoms with E-state index in [1.165, 1.54) is 0 Å². The molecule has 1 aromatic heterocycles. The molecule has 2 bridgehead atoms. The number of ether oxygens (including phenoxy) is 2. The maximum atomic E-state index is 14.1. The predicted molar refractivity (Wildman–Crippen MR) is 156 cm³/mol. The summed E-state index contributed by atoms with van der Waals surface area (Å²) in [6.07, 6.45) is -1.26. The molecule has 1 aliphatic carbocycles. The monoisotopic (exact) mass is 620 g/mol. The number of halogens is 3. The molecule has 0 spiro atoms. The average molecular weight is 621 g/mol. The van der Waals surface area contributed by atoms with Gasteiger partial charge >= 0.3 is 12.3 Å². The van der Waals surface area contributed by atoms with Crippen molar-refractivity contribution in [3.05, 3.63) is 46.8 Å². The molecule has 2 unspecified atom stereocenters. The Labute approximate surface area is 260 Å². The number of carbonyl (C=O) groups excluding carboxylic acids is 2. The molecule has 1 aromatic carbocycles. The third-order valence-electron chi connectivity index (χ3n) is 9.38. The SMILES string of the molecule is [2H]C([2H])([2H])Oc1cccc([C@@H]2[C@H](N3C4CCC3CN(C(=O)OC(C)(C)C)C4)CCN2C(=O)Cn2nc(C3CC3)cc2C(F)(F)F)c1C. The van der Waals surface area contributed by atoms with E-state index in [1.807, 2.05) is 26.8 Å². The van der Waals surface area contributed by atoms with Crippen molar-refractivity contribution in [1.29, 1.82) is 0 Å². The number of benzene rings is 1. The summed E-state index contributed by atoms with van der Waals surface area (Å²) in [4.78, 5) is 32.8. The Hall–Kier alpha value is -3.28. The number of hydrogen-bond acceptors (Lipinski definition) is 6. The molecule has 0 radical (unpaired) electrons. The topological polar surface area (TPSA) is 80.1 Å². The summed E-state index contributed by atoms with van der Waals surface area (Å²) in [6.45, 7) is 7.84. The van der Waals surface area contributed by atoms with Crippen LogP contribution in [0, 0.1) is 6.92 Å². The molecule has 240 valence electrons. The molecule has 0 N–H and O–H groups in total. The Morgan fingerprint density at radius 2 is 1.77 bits per heavy atom. The zero-order valence-corrected chi connectivity index (χ0v) is 25.6. The minimum Gasteiger partial charge on any atom is -0.496 e. The largest absolute Gasteiger partial charge is 0.496 e. The van der Waals surface area contributed by atoms with Crippen LogP contribution in [0.5, 0.6) is 5.75 Å². The van der Waals surface area contributed by atoms with Crippen LogP contribution < -0.4 is 4.74 Å². The summed E-state index contributed by atoms with van der Waals surface area (Å²) in [5, 5.41) is 4.22. The van der Waals surface area contributed by atoms with Crippen molar-refractivity contribution < 1.29 is 36.3 Å². The number of fused-ring (bicyclic) bond motifs is 2. The second-order valence-corrected chi connectivity index (χ2v) is 13.6. The highest BCUT2D eigenvalue weighted by atomic mass is 19.4. The van der Waals surface area contributed by atoms with Crippen molar-refractivity contribution >= 4 is 12.0 Å². The van der Waals surface area contributed by atoms with Gasteiger partial charge in [0, 0.05) is 43.7 Å². The lowest BCUT2D eigenvalue weighted by atomic mass is 9.92. The highest BCUT2D eigenvalue weighted by molar-refractivity contribution is 5.77. The summed E-state index contributed by atoms with van der Waals surface area (Å²) < 4.78 is 76.8. The first-order valence-corrected chi connectivity index (χ1v) is 15.4. The van der Waals surface area contributed by atoms with Crippen molar-refractivity contribution in [2.24, 2.45) is 0 Å². The molecular formula is C32H42F3N5O4. The zero-order valence-electron chi connectivity index (χ0n) is 28.6. The van der Waals surface area contributed by atoms with Gasteiger partial charge in [0.25, 0.3) is 0 Å². The number of likely N-dealkylation sites (tertiary alicyclic amines) is 2. The third-order valence-corrected chi connectivity index (χ3v) is 9.38. The maximum absolute atomic E-state index is 14.1. The Balaban J connectivity index is 1.32. The first kappa shape index (κ1) is 27.1. The van der Waals surface area contributed by atoms with E-state index in [0.29, 0.717) is 42.9 Å². The van der Waals surface area contributed by atoms with E-state index in [-0.39, 0.29) is 35.9 Å². The molecule has 9 nitrogen and oxygen atoms in total. The number of carbonyl (C=O) groups is 2. The predicted octanol–water partition coefficient (Wildman–Crippen LogP) is 5.52. The molecule has 4 atom stereocenters. The van der Waals surface area contributed by atoms with E-state index in [1.54, 1.807) is 28.9 Å². The fourth-order valence-electron chi connectivity index (χ4n) is 7.34.